The van der Waals surface area contributed by atoms with Gasteiger partial charge >= 0.3 is 18.5 Å². The van der Waals surface area contributed by atoms with Crippen molar-refractivity contribution in [3.63, 3.8) is 0 Å². The molecule has 4 aromatic heterocycles. The summed E-state index contributed by atoms with van der Waals surface area (Å²) in [5.41, 5.74) is 3.34. The van der Waals surface area contributed by atoms with E-state index >= 15 is 0 Å². The standard InChI is InChI=1S/C17H13F5N4O.C15H10F6N4O/c18-16(19)6-12(7-16)27-15-4-2-11(8-23-15)10-1-3-13-14(5-10)26(25-24-13)9-17(20,21)22;16-14(17,18)7-25-12-5-9(1-3-11(12)23-24-25)10-2-4-13(22-6-10)26-8-15(19,20)21/h1-5,8,12H,6-7,9H2;1-6H,7-8H2. The molecule has 1 saturated carbocycles. The number of ether oxygens (including phenoxy) is 2. The number of benzene rings is 2. The van der Waals surface area contributed by atoms with Crippen LogP contribution >= 0.6 is 0 Å². The number of nitrogens with zero attached hydrogens (tertiary/aromatic N) is 8. The van der Waals surface area contributed by atoms with Crippen LogP contribution in [0.1, 0.15) is 12.8 Å². The smallest absolute Gasteiger partial charge is 0.422 e. The van der Waals surface area contributed by atoms with Gasteiger partial charge in [-0.3, -0.25) is 0 Å². The fourth-order valence-electron chi connectivity index (χ4n) is 5.14. The maximum Gasteiger partial charge on any atom is 0.422 e. The summed E-state index contributed by atoms with van der Waals surface area (Å²) in [6.07, 6.45) is -11.8. The summed E-state index contributed by atoms with van der Waals surface area (Å²) in [6.45, 7) is -3.98. The molecule has 0 radical (unpaired) electrons. The predicted octanol–water partition coefficient (Wildman–Crippen LogP) is 8.23. The lowest BCUT2D eigenvalue weighted by Gasteiger charge is -2.34. The van der Waals surface area contributed by atoms with Crippen LogP contribution in [-0.4, -0.2) is 77.1 Å². The number of hydrogen-bond donors (Lipinski definition) is 0. The van der Waals surface area contributed by atoms with Gasteiger partial charge in [-0.1, -0.05) is 22.6 Å². The first-order valence-corrected chi connectivity index (χ1v) is 15.3. The number of halogens is 11. The van der Waals surface area contributed by atoms with Crippen molar-refractivity contribution < 1.29 is 57.8 Å². The van der Waals surface area contributed by atoms with Crippen molar-refractivity contribution in [1.82, 2.24) is 40.0 Å². The molecule has 0 spiro atoms. The third kappa shape index (κ3) is 9.83. The first-order chi connectivity index (χ1) is 24.8. The Morgan fingerprint density at radius 2 is 1.06 bits per heavy atom. The first-order valence-electron chi connectivity index (χ1n) is 15.3. The van der Waals surface area contributed by atoms with E-state index in [-0.39, 0.29) is 41.2 Å². The van der Waals surface area contributed by atoms with Crippen LogP contribution in [0.25, 0.3) is 44.3 Å². The molecule has 0 saturated heterocycles. The third-order valence-electron chi connectivity index (χ3n) is 7.55. The summed E-state index contributed by atoms with van der Waals surface area (Å²) < 4.78 is 149. The highest BCUT2D eigenvalue weighted by atomic mass is 19.4. The molecule has 0 amide bonds. The molecule has 0 N–H and O–H groups in total. The van der Waals surface area contributed by atoms with Gasteiger partial charge in [0.05, 0.1) is 11.0 Å². The lowest BCUT2D eigenvalue weighted by Crippen LogP contribution is -2.43. The number of pyridine rings is 2. The zero-order valence-electron chi connectivity index (χ0n) is 26.6. The Morgan fingerprint density at radius 3 is 1.45 bits per heavy atom. The van der Waals surface area contributed by atoms with Crippen LogP contribution in [0.5, 0.6) is 11.8 Å². The van der Waals surface area contributed by atoms with E-state index in [1.807, 2.05) is 0 Å². The van der Waals surface area contributed by atoms with Gasteiger partial charge < -0.3 is 9.47 Å². The third-order valence-corrected chi connectivity index (χ3v) is 7.55. The molecular weight excluding hydrogens is 737 g/mol. The van der Waals surface area contributed by atoms with E-state index < -0.39 is 50.3 Å². The van der Waals surface area contributed by atoms with Crippen LogP contribution in [-0.2, 0) is 13.1 Å². The number of alkyl halides is 11. The summed E-state index contributed by atoms with van der Waals surface area (Å²) in [4.78, 5) is 7.86. The molecule has 4 heterocycles. The Morgan fingerprint density at radius 1 is 0.604 bits per heavy atom. The Kier molecular flexibility index (Phi) is 9.86. The van der Waals surface area contributed by atoms with Crippen LogP contribution < -0.4 is 9.47 Å². The van der Waals surface area contributed by atoms with E-state index in [2.05, 4.69) is 35.3 Å². The van der Waals surface area contributed by atoms with Crippen molar-refractivity contribution in [2.24, 2.45) is 0 Å². The highest BCUT2D eigenvalue weighted by Crippen LogP contribution is 2.39. The quantitative estimate of drug-likeness (QED) is 0.143. The Bertz CT molecular complexity index is 2170. The highest BCUT2D eigenvalue weighted by molar-refractivity contribution is 5.82. The van der Waals surface area contributed by atoms with Gasteiger partial charge in [0.15, 0.2) is 6.61 Å². The van der Waals surface area contributed by atoms with E-state index in [1.165, 1.54) is 36.7 Å². The van der Waals surface area contributed by atoms with E-state index in [9.17, 15) is 48.3 Å². The topological polar surface area (TPSA) is 106 Å². The number of aromatic nitrogens is 8. The predicted molar refractivity (Wildman–Crippen MR) is 164 cm³/mol. The number of rotatable bonds is 8. The van der Waals surface area contributed by atoms with Gasteiger partial charge in [0.2, 0.25) is 11.8 Å². The molecule has 0 bridgehead atoms. The van der Waals surface area contributed by atoms with Crippen molar-refractivity contribution in [1.29, 1.82) is 0 Å². The molecule has 10 nitrogen and oxygen atoms in total. The molecule has 280 valence electrons. The largest absolute Gasteiger partial charge is 0.474 e. The molecule has 1 aliphatic rings. The van der Waals surface area contributed by atoms with Crippen LogP contribution in [0.4, 0.5) is 48.3 Å². The minimum absolute atomic E-state index is 0.178. The molecular formula is C32H23F11N8O2. The second-order valence-electron chi connectivity index (χ2n) is 11.8. The van der Waals surface area contributed by atoms with Gasteiger partial charge in [0.25, 0.3) is 5.92 Å². The molecule has 21 heteroatoms. The van der Waals surface area contributed by atoms with Gasteiger partial charge in [-0.2, -0.15) is 39.5 Å². The van der Waals surface area contributed by atoms with E-state index in [0.29, 0.717) is 27.8 Å². The van der Waals surface area contributed by atoms with Gasteiger partial charge in [-0.25, -0.2) is 28.1 Å². The average molecular weight is 761 g/mol. The van der Waals surface area contributed by atoms with Crippen molar-refractivity contribution in [3.05, 3.63) is 73.1 Å². The SMILES string of the molecule is FC(F)(F)COc1ccc(-c2ccc3nnn(CC(F)(F)F)c3c2)cn1.FC(F)(F)Cn1nnc2ccc(-c3ccc(OC4CC(F)(F)C4)nc3)cc21. The Balaban J connectivity index is 0.000000182. The number of fused-ring (bicyclic) bond motifs is 2. The summed E-state index contributed by atoms with van der Waals surface area (Å²) in [5, 5.41) is 14.4. The van der Waals surface area contributed by atoms with Gasteiger partial charge in [0, 0.05) is 48.5 Å². The second kappa shape index (κ2) is 14.1. The van der Waals surface area contributed by atoms with Crippen LogP contribution in [0.2, 0.25) is 0 Å². The van der Waals surface area contributed by atoms with Gasteiger partial charge in [-0.15, -0.1) is 10.2 Å². The maximum absolute atomic E-state index is 12.8. The van der Waals surface area contributed by atoms with Crippen molar-refractivity contribution in [2.75, 3.05) is 6.61 Å². The Hall–Kier alpha value is -5.63. The monoisotopic (exact) mass is 760 g/mol. The summed E-state index contributed by atoms with van der Waals surface area (Å²) >= 11 is 0. The molecule has 7 rings (SSSR count). The Labute approximate surface area is 290 Å². The lowest BCUT2D eigenvalue weighted by molar-refractivity contribution is -0.154. The molecule has 2 aromatic carbocycles. The van der Waals surface area contributed by atoms with Crippen molar-refractivity contribution >= 4 is 22.1 Å². The van der Waals surface area contributed by atoms with Gasteiger partial charge in [0.1, 0.15) is 30.2 Å². The highest BCUT2D eigenvalue weighted by Gasteiger charge is 2.47. The minimum Gasteiger partial charge on any atom is -0.474 e. The van der Waals surface area contributed by atoms with Crippen LogP contribution in [0.3, 0.4) is 0 Å². The summed E-state index contributed by atoms with van der Waals surface area (Å²) in [7, 11) is 0. The average Bonchev–Trinajstić information content (AvgIpc) is 3.64. The fourth-order valence-corrected chi connectivity index (χ4v) is 5.14. The summed E-state index contributed by atoms with van der Waals surface area (Å²) in [6, 6.07) is 15.3. The van der Waals surface area contributed by atoms with E-state index in [1.54, 1.807) is 36.4 Å². The minimum atomic E-state index is -4.48. The zero-order valence-corrected chi connectivity index (χ0v) is 26.6. The first kappa shape index (κ1) is 37.1. The molecule has 1 aliphatic carbocycles. The van der Waals surface area contributed by atoms with Crippen molar-refractivity contribution in [3.8, 4) is 34.0 Å². The van der Waals surface area contributed by atoms with E-state index in [4.69, 9.17) is 4.74 Å². The summed E-state index contributed by atoms with van der Waals surface area (Å²) in [5.74, 6) is -2.66. The van der Waals surface area contributed by atoms with Crippen molar-refractivity contribution in [2.45, 2.75) is 56.5 Å². The maximum atomic E-state index is 12.8. The number of hydrogen-bond acceptors (Lipinski definition) is 8. The van der Waals surface area contributed by atoms with Crippen LogP contribution in [0.15, 0.2) is 73.1 Å². The fraction of sp³-hybridized carbons (Fsp3) is 0.312. The molecule has 6 aromatic rings. The molecule has 53 heavy (non-hydrogen) atoms. The zero-order chi connectivity index (χ0) is 38.2. The molecule has 0 atom stereocenters. The molecule has 0 aliphatic heterocycles. The van der Waals surface area contributed by atoms with E-state index in [0.717, 1.165) is 9.36 Å². The normalized spacial score (nSPS) is 14.8. The molecule has 1 fully saturated rings. The molecule has 0 unspecified atom stereocenters. The van der Waals surface area contributed by atoms with Gasteiger partial charge in [-0.05, 0) is 47.5 Å². The lowest BCUT2D eigenvalue weighted by atomic mass is 9.91. The second-order valence-corrected chi connectivity index (χ2v) is 11.8. The van der Waals surface area contributed by atoms with Crippen LogP contribution in [0, 0.1) is 0 Å².